The summed E-state index contributed by atoms with van der Waals surface area (Å²) in [6, 6.07) is 18.7. The van der Waals surface area contributed by atoms with Gasteiger partial charge in [0.05, 0.1) is 29.3 Å². The quantitative estimate of drug-likeness (QED) is 0.646. The van der Waals surface area contributed by atoms with Crippen molar-refractivity contribution in [2.45, 2.75) is 0 Å². The molecule has 120 valence electrons. The molecular weight excluding hydrogens is 340 g/mol. The summed E-state index contributed by atoms with van der Waals surface area (Å²) in [6.45, 7) is 0. The van der Waals surface area contributed by atoms with E-state index in [-0.39, 0.29) is 17.0 Å². The van der Waals surface area contributed by atoms with Crippen LogP contribution in [0.25, 0.3) is 0 Å². The van der Waals surface area contributed by atoms with Crippen molar-refractivity contribution in [1.29, 1.82) is 10.5 Å². The summed E-state index contributed by atoms with van der Waals surface area (Å²) < 4.78 is 11.2. The third-order valence-electron chi connectivity index (χ3n) is 3.06. The van der Waals surface area contributed by atoms with Crippen molar-refractivity contribution in [3.05, 3.63) is 71.0 Å². The maximum absolute atomic E-state index is 8.80. The van der Waals surface area contributed by atoms with E-state index in [1.807, 2.05) is 12.1 Å². The molecule has 0 fully saturated rings. The maximum Gasteiger partial charge on any atom is 0.228 e. The van der Waals surface area contributed by atoms with E-state index in [1.54, 1.807) is 48.5 Å². The largest absolute Gasteiger partial charge is 0.439 e. The smallest absolute Gasteiger partial charge is 0.228 e. The normalized spacial score (nSPS) is 9.72. The van der Waals surface area contributed by atoms with Gasteiger partial charge in [-0.25, -0.2) is 0 Å². The van der Waals surface area contributed by atoms with Crippen LogP contribution in [0.4, 0.5) is 0 Å². The first kappa shape index (κ1) is 16.3. The van der Waals surface area contributed by atoms with Crippen molar-refractivity contribution < 1.29 is 9.47 Å². The van der Waals surface area contributed by atoms with Gasteiger partial charge in [0.1, 0.15) is 11.5 Å². The summed E-state index contributed by atoms with van der Waals surface area (Å²) in [5, 5.41) is 17.6. The lowest BCUT2D eigenvalue weighted by atomic mass is 10.2. The summed E-state index contributed by atoms with van der Waals surface area (Å²) in [4.78, 5) is 7.97. The standard InChI is InChI=1S/C18H9ClN4O2/c19-18-22-16(24-14-5-1-12(10-20)2-6-14)9-17(23-18)25-15-7-3-13(11-21)4-8-15/h1-9H. The van der Waals surface area contributed by atoms with Crippen LogP contribution in [0, 0.1) is 22.7 Å². The number of hydrogen-bond acceptors (Lipinski definition) is 6. The zero-order valence-electron chi connectivity index (χ0n) is 12.7. The molecule has 3 rings (SSSR count). The van der Waals surface area contributed by atoms with Crippen LogP contribution in [0.15, 0.2) is 54.6 Å². The van der Waals surface area contributed by atoms with Gasteiger partial charge in [0.2, 0.25) is 17.0 Å². The van der Waals surface area contributed by atoms with Gasteiger partial charge in [-0.1, -0.05) is 0 Å². The van der Waals surface area contributed by atoms with Gasteiger partial charge in [-0.3, -0.25) is 0 Å². The van der Waals surface area contributed by atoms with Gasteiger partial charge in [-0.2, -0.15) is 20.5 Å². The van der Waals surface area contributed by atoms with Crippen LogP contribution in [-0.2, 0) is 0 Å². The van der Waals surface area contributed by atoms with Crippen molar-refractivity contribution in [3.8, 4) is 35.4 Å². The molecule has 0 saturated carbocycles. The number of rotatable bonds is 4. The predicted octanol–water partition coefficient (Wildman–Crippen LogP) is 4.46. The molecule has 0 aliphatic carbocycles. The second-order valence-corrected chi connectivity index (χ2v) is 5.13. The highest BCUT2D eigenvalue weighted by molar-refractivity contribution is 6.28. The van der Waals surface area contributed by atoms with Crippen molar-refractivity contribution in [1.82, 2.24) is 9.97 Å². The molecule has 0 aliphatic rings. The topological polar surface area (TPSA) is 91.8 Å². The Labute approximate surface area is 148 Å². The highest BCUT2D eigenvalue weighted by atomic mass is 35.5. The molecule has 0 saturated heterocycles. The fourth-order valence-corrected chi connectivity index (χ4v) is 2.08. The SMILES string of the molecule is N#Cc1ccc(Oc2cc(Oc3ccc(C#N)cc3)nc(Cl)n2)cc1. The van der Waals surface area contributed by atoms with E-state index in [0.29, 0.717) is 22.6 Å². The first-order chi connectivity index (χ1) is 12.2. The van der Waals surface area contributed by atoms with Crippen LogP contribution in [0.1, 0.15) is 11.1 Å². The lowest BCUT2D eigenvalue weighted by Gasteiger charge is -2.08. The van der Waals surface area contributed by atoms with Crippen LogP contribution >= 0.6 is 11.6 Å². The van der Waals surface area contributed by atoms with Gasteiger partial charge < -0.3 is 9.47 Å². The summed E-state index contributed by atoms with van der Waals surface area (Å²) in [5.74, 6) is 1.40. The van der Waals surface area contributed by atoms with Gasteiger partial charge in [0.15, 0.2) is 0 Å². The molecule has 1 heterocycles. The Balaban J connectivity index is 1.79. The van der Waals surface area contributed by atoms with E-state index < -0.39 is 0 Å². The Morgan fingerprint density at radius 2 is 1.12 bits per heavy atom. The number of nitrogens with zero attached hydrogens (tertiary/aromatic N) is 4. The minimum absolute atomic E-state index is 0.0326. The van der Waals surface area contributed by atoms with Crippen molar-refractivity contribution in [3.63, 3.8) is 0 Å². The van der Waals surface area contributed by atoms with Crippen molar-refractivity contribution in [2.75, 3.05) is 0 Å². The van der Waals surface area contributed by atoms with E-state index in [4.69, 9.17) is 31.6 Å². The number of halogens is 1. The Hall–Kier alpha value is -3.61. The summed E-state index contributed by atoms with van der Waals surface area (Å²) in [7, 11) is 0. The lowest BCUT2D eigenvalue weighted by Crippen LogP contribution is -1.94. The third kappa shape index (κ3) is 4.23. The van der Waals surface area contributed by atoms with Crippen LogP contribution < -0.4 is 9.47 Å². The molecule has 7 heteroatoms. The van der Waals surface area contributed by atoms with Gasteiger partial charge in [-0.15, -0.1) is 0 Å². The van der Waals surface area contributed by atoms with E-state index in [1.165, 1.54) is 6.07 Å². The molecule has 0 N–H and O–H groups in total. The molecule has 1 aromatic heterocycles. The fourth-order valence-electron chi connectivity index (χ4n) is 1.92. The van der Waals surface area contributed by atoms with Gasteiger partial charge >= 0.3 is 0 Å². The predicted molar refractivity (Wildman–Crippen MR) is 89.5 cm³/mol. The maximum atomic E-state index is 8.80. The Kier molecular flexibility index (Phi) is 4.75. The Morgan fingerprint density at radius 3 is 1.48 bits per heavy atom. The molecule has 0 radical (unpaired) electrons. The average molecular weight is 349 g/mol. The summed E-state index contributed by atoms with van der Waals surface area (Å²) >= 11 is 5.91. The minimum Gasteiger partial charge on any atom is -0.439 e. The van der Waals surface area contributed by atoms with Crippen molar-refractivity contribution in [2.24, 2.45) is 0 Å². The first-order valence-corrected chi connectivity index (χ1v) is 7.45. The zero-order valence-corrected chi connectivity index (χ0v) is 13.4. The van der Waals surface area contributed by atoms with Crippen LogP contribution in [-0.4, -0.2) is 9.97 Å². The highest BCUT2D eigenvalue weighted by Crippen LogP contribution is 2.27. The Bertz CT molecular complexity index is 896. The Morgan fingerprint density at radius 1 is 0.720 bits per heavy atom. The molecule has 0 unspecified atom stereocenters. The molecule has 25 heavy (non-hydrogen) atoms. The van der Waals surface area contributed by atoms with Crippen LogP contribution in [0.2, 0.25) is 5.28 Å². The zero-order chi connectivity index (χ0) is 17.6. The molecule has 0 amide bonds. The van der Waals surface area contributed by atoms with Gasteiger partial charge in [0.25, 0.3) is 0 Å². The van der Waals surface area contributed by atoms with E-state index in [9.17, 15) is 0 Å². The molecule has 0 bridgehead atoms. The second-order valence-electron chi connectivity index (χ2n) is 4.79. The highest BCUT2D eigenvalue weighted by Gasteiger charge is 2.08. The van der Waals surface area contributed by atoms with Crippen molar-refractivity contribution >= 4 is 11.6 Å². The molecule has 2 aromatic carbocycles. The second kappa shape index (κ2) is 7.31. The number of benzene rings is 2. The molecular formula is C18H9ClN4O2. The number of nitriles is 2. The number of ether oxygens (including phenoxy) is 2. The fraction of sp³-hybridized carbons (Fsp3) is 0. The lowest BCUT2D eigenvalue weighted by molar-refractivity contribution is 0.433. The van der Waals surface area contributed by atoms with E-state index in [0.717, 1.165) is 0 Å². The molecule has 6 nitrogen and oxygen atoms in total. The summed E-state index contributed by atoms with van der Waals surface area (Å²) in [5.41, 5.74) is 1.05. The van der Waals surface area contributed by atoms with Gasteiger partial charge in [-0.05, 0) is 60.1 Å². The average Bonchev–Trinajstić information content (AvgIpc) is 2.62. The van der Waals surface area contributed by atoms with Crippen LogP contribution in [0.5, 0.6) is 23.3 Å². The van der Waals surface area contributed by atoms with Gasteiger partial charge in [0, 0.05) is 0 Å². The van der Waals surface area contributed by atoms with E-state index in [2.05, 4.69) is 9.97 Å². The molecule has 0 aliphatic heterocycles. The summed E-state index contributed by atoms with van der Waals surface area (Å²) in [6.07, 6.45) is 0. The third-order valence-corrected chi connectivity index (χ3v) is 3.23. The first-order valence-electron chi connectivity index (χ1n) is 7.07. The molecule has 0 atom stereocenters. The molecule has 3 aromatic rings. The van der Waals surface area contributed by atoms with Crippen LogP contribution in [0.3, 0.4) is 0 Å². The van der Waals surface area contributed by atoms with E-state index >= 15 is 0 Å². The number of aromatic nitrogens is 2. The monoisotopic (exact) mass is 348 g/mol. The minimum atomic E-state index is -0.0326. The molecule has 0 spiro atoms. The number of hydrogen-bond donors (Lipinski definition) is 0.